The van der Waals surface area contributed by atoms with E-state index in [-0.39, 0.29) is 0 Å². The third-order valence-corrected chi connectivity index (χ3v) is 2.42. The molecule has 0 unspecified atom stereocenters. The molecule has 0 aliphatic carbocycles. The van der Waals surface area contributed by atoms with Gasteiger partial charge in [-0.3, -0.25) is 0 Å². The first-order valence-corrected chi connectivity index (χ1v) is 5.11. The zero-order chi connectivity index (χ0) is 11.4. The Morgan fingerprint density at radius 1 is 1.25 bits per heavy atom. The number of pyridine rings is 1. The Labute approximate surface area is 97.7 Å². The van der Waals surface area contributed by atoms with Gasteiger partial charge in [-0.15, -0.1) is 0 Å². The quantitative estimate of drug-likeness (QED) is 0.763. The highest BCUT2D eigenvalue weighted by molar-refractivity contribution is 6.31. The van der Waals surface area contributed by atoms with Crippen molar-refractivity contribution in [2.24, 2.45) is 0 Å². The van der Waals surface area contributed by atoms with Gasteiger partial charge in [0.15, 0.2) is 0 Å². The Balaban J connectivity index is 2.05. The van der Waals surface area contributed by atoms with Gasteiger partial charge in [-0.25, -0.2) is 4.98 Å². The predicted octanol–water partition coefficient (Wildman–Crippen LogP) is 3.45. The van der Waals surface area contributed by atoms with E-state index in [1.54, 1.807) is 12.1 Å². The fourth-order valence-corrected chi connectivity index (χ4v) is 1.44. The van der Waals surface area contributed by atoms with Gasteiger partial charge in [0, 0.05) is 22.8 Å². The molecule has 2 nitrogen and oxygen atoms in total. The first kappa shape index (κ1) is 10.9. The van der Waals surface area contributed by atoms with Crippen molar-refractivity contribution in [3.63, 3.8) is 0 Å². The summed E-state index contributed by atoms with van der Waals surface area (Å²) in [6.07, 6.45) is 1.36. The maximum Gasteiger partial charge on any atom is 0.216 e. The van der Waals surface area contributed by atoms with Crippen LogP contribution in [0, 0.1) is 5.95 Å². The number of aromatic nitrogens is 1. The summed E-state index contributed by atoms with van der Waals surface area (Å²) >= 11 is 5.96. The molecule has 2 aromatic rings. The Morgan fingerprint density at radius 3 is 2.81 bits per heavy atom. The van der Waals surface area contributed by atoms with Gasteiger partial charge in [0.2, 0.25) is 5.95 Å². The number of nitrogens with zero attached hydrogens (tertiary/aromatic N) is 1. The molecular weight excluding hydrogens is 229 g/mol. The van der Waals surface area contributed by atoms with Crippen LogP contribution in [0.3, 0.4) is 0 Å². The van der Waals surface area contributed by atoms with Crippen molar-refractivity contribution in [3.05, 3.63) is 59.1 Å². The summed E-state index contributed by atoms with van der Waals surface area (Å²) in [5, 5.41) is 0.636. The minimum Gasteiger partial charge on any atom is -0.489 e. The molecular formula is C12H9ClFNO. The van der Waals surface area contributed by atoms with E-state index in [1.807, 2.05) is 18.2 Å². The lowest BCUT2D eigenvalue weighted by Gasteiger charge is -2.07. The standard InChI is InChI=1S/C12H9ClFNO/c13-11-4-2-1-3-9(11)8-16-10-5-6-15-12(14)7-10/h1-7H,8H2. The highest BCUT2D eigenvalue weighted by Gasteiger charge is 2.01. The van der Waals surface area contributed by atoms with Crippen molar-refractivity contribution in [2.75, 3.05) is 0 Å². The van der Waals surface area contributed by atoms with Gasteiger partial charge < -0.3 is 4.74 Å². The molecule has 2 rings (SSSR count). The van der Waals surface area contributed by atoms with Crippen LogP contribution < -0.4 is 4.74 Å². The normalized spacial score (nSPS) is 10.1. The number of benzene rings is 1. The van der Waals surface area contributed by atoms with E-state index in [0.717, 1.165) is 5.56 Å². The van der Waals surface area contributed by atoms with E-state index in [1.165, 1.54) is 12.3 Å². The van der Waals surface area contributed by atoms with Gasteiger partial charge in [-0.1, -0.05) is 29.8 Å². The van der Waals surface area contributed by atoms with Crippen molar-refractivity contribution < 1.29 is 9.13 Å². The molecule has 0 atom stereocenters. The Bertz CT molecular complexity index is 490. The third kappa shape index (κ3) is 2.70. The van der Waals surface area contributed by atoms with E-state index in [2.05, 4.69) is 4.98 Å². The Kier molecular flexibility index (Phi) is 3.37. The van der Waals surface area contributed by atoms with Gasteiger partial charge in [0.25, 0.3) is 0 Å². The van der Waals surface area contributed by atoms with Gasteiger partial charge >= 0.3 is 0 Å². The summed E-state index contributed by atoms with van der Waals surface area (Å²) < 4.78 is 18.1. The summed E-state index contributed by atoms with van der Waals surface area (Å²) in [6, 6.07) is 10.2. The lowest BCUT2D eigenvalue weighted by Crippen LogP contribution is -1.96. The van der Waals surface area contributed by atoms with E-state index < -0.39 is 5.95 Å². The molecule has 0 bridgehead atoms. The second kappa shape index (κ2) is 4.94. The molecule has 0 saturated heterocycles. The Morgan fingerprint density at radius 2 is 2.06 bits per heavy atom. The minimum atomic E-state index is -0.559. The van der Waals surface area contributed by atoms with Crippen molar-refractivity contribution in [1.29, 1.82) is 0 Å². The van der Waals surface area contributed by atoms with Crippen molar-refractivity contribution in [1.82, 2.24) is 4.98 Å². The first-order chi connectivity index (χ1) is 7.75. The van der Waals surface area contributed by atoms with Crippen molar-refractivity contribution in [3.8, 4) is 5.75 Å². The largest absolute Gasteiger partial charge is 0.489 e. The number of ether oxygens (including phenoxy) is 1. The molecule has 0 spiro atoms. The van der Waals surface area contributed by atoms with Gasteiger partial charge in [0.1, 0.15) is 12.4 Å². The minimum absolute atomic E-state index is 0.309. The molecule has 1 heterocycles. The molecule has 1 aromatic heterocycles. The molecule has 16 heavy (non-hydrogen) atoms. The van der Waals surface area contributed by atoms with E-state index >= 15 is 0 Å². The molecule has 0 amide bonds. The summed E-state index contributed by atoms with van der Waals surface area (Å²) in [5.41, 5.74) is 0.862. The Hall–Kier alpha value is -1.61. The van der Waals surface area contributed by atoms with E-state index in [4.69, 9.17) is 16.3 Å². The molecule has 0 N–H and O–H groups in total. The smallest absolute Gasteiger partial charge is 0.216 e. The molecule has 1 aromatic carbocycles. The number of halogens is 2. The lowest BCUT2D eigenvalue weighted by molar-refractivity contribution is 0.304. The second-order valence-corrected chi connectivity index (χ2v) is 3.60. The SMILES string of the molecule is Fc1cc(OCc2ccccc2Cl)ccn1. The van der Waals surface area contributed by atoms with Gasteiger partial charge in [0.05, 0.1) is 0 Å². The summed E-state index contributed by atoms with van der Waals surface area (Å²) in [4.78, 5) is 3.44. The summed E-state index contributed by atoms with van der Waals surface area (Å²) in [5.74, 6) is -0.121. The van der Waals surface area contributed by atoms with E-state index in [0.29, 0.717) is 17.4 Å². The topological polar surface area (TPSA) is 22.1 Å². The maximum absolute atomic E-state index is 12.8. The number of hydrogen-bond acceptors (Lipinski definition) is 2. The van der Waals surface area contributed by atoms with Crippen LogP contribution in [0.1, 0.15) is 5.56 Å². The zero-order valence-corrected chi connectivity index (χ0v) is 9.12. The summed E-state index contributed by atoms with van der Waals surface area (Å²) in [7, 11) is 0. The number of rotatable bonds is 3. The predicted molar refractivity (Wildman–Crippen MR) is 60.0 cm³/mol. The molecule has 4 heteroatoms. The van der Waals surface area contributed by atoms with E-state index in [9.17, 15) is 4.39 Å². The van der Waals surface area contributed by atoms with Crippen molar-refractivity contribution >= 4 is 11.6 Å². The van der Waals surface area contributed by atoms with Crippen LogP contribution in [-0.4, -0.2) is 4.98 Å². The van der Waals surface area contributed by atoms with Crippen LogP contribution in [0.15, 0.2) is 42.6 Å². The van der Waals surface area contributed by atoms with Crippen LogP contribution in [0.4, 0.5) is 4.39 Å². The summed E-state index contributed by atoms with van der Waals surface area (Å²) in [6.45, 7) is 0.309. The van der Waals surface area contributed by atoms with Gasteiger partial charge in [-0.2, -0.15) is 4.39 Å². The molecule has 0 fully saturated rings. The fraction of sp³-hybridized carbons (Fsp3) is 0.0833. The average Bonchev–Trinajstić information content (AvgIpc) is 2.28. The second-order valence-electron chi connectivity index (χ2n) is 3.19. The highest BCUT2D eigenvalue weighted by Crippen LogP contribution is 2.18. The van der Waals surface area contributed by atoms with Crippen LogP contribution in [0.25, 0.3) is 0 Å². The molecule has 82 valence electrons. The van der Waals surface area contributed by atoms with Gasteiger partial charge in [-0.05, 0) is 12.1 Å². The van der Waals surface area contributed by atoms with Crippen molar-refractivity contribution in [2.45, 2.75) is 6.61 Å². The highest BCUT2D eigenvalue weighted by atomic mass is 35.5. The maximum atomic E-state index is 12.8. The van der Waals surface area contributed by atoms with Crippen LogP contribution >= 0.6 is 11.6 Å². The third-order valence-electron chi connectivity index (χ3n) is 2.05. The first-order valence-electron chi connectivity index (χ1n) is 4.73. The van der Waals surface area contributed by atoms with Crippen LogP contribution in [-0.2, 0) is 6.61 Å². The number of hydrogen-bond donors (Lipinski definition) is 0. The average molecular weight is 238 g/mol. The zero-order valence-electron chi connectivity index (χ0n) is 8.36. The lowest BCUT2D eigenvalue weighted by atomic mass is 10.2. The molecule has 0 saturated carbocycles. The molecule has 0 radical (unpaired) electrons. The molecule has 0 aliphatic rings. The molecule has 0 aliphatic heterocycles. The monoisotopic (exact) mass is 237 g/mol. The van der Waals surface area contributed by atoms with Crippen LogP contribution in [0.2, 0.25) is 5.02 Å². The van der Waals surface area contributed by atoms with Crippen LogP contribution in [0.5, 0.6) is 5.75 Å². The fourth-order valence-electron chi connectivity index (χ4n) is 1.25.